The molecule has 4 nitrogen and oxygen atoms in total. The van der Waals surface area contributed by atoms with Crippen molar-refractivity contribution in [2.45, 2.75) is 32.1 Å². The highest BCUT2D eigenvalue weighted by Crippen LogP contribution is 2.49. The van der Waals surface area contributed by atoms with Crippen molar-refractivity contribution in [1.29, 1.82) is 0 Å². The van der Waals surface area contributed by atoms with Gasteiger partial charge in [-0.3, -0.25) is 9.59 Å². The molecule has 2 aliphatic carbocycles. The number of rotatable bonds is 5. The molecule has 1 amide bonds. The Morgan fingerprint density at radius 1 is 1.30 bits per heavy atom. The van der Waals surface area contributed by atoms with E-state index in [1.165, 1.54) is 31.4 Å². The van der Waals surface area contributed by atoms with Crippen LogP contribution in [0, 0.1) is 23.6 Å². The van der Waals surface area contributed by atoms with Crippen molar-refractivity contribution in [3.05, 3.63) is 29.0 Å². The van der Waals surface area contributed by atoms with Crippen LogP contribution in [0.5, 0.6) is 0 Å². The van der Waals surface area contributed by atoms with Crippen molar-refractivity contribution in [1.82, 2.24) is 0 Å². The Morgan fingerprint density at radius 2 is 2.13 bits per heavy atom. The molecule has 6 heteroatoms. The number of esters is 1. The first-order valence-corrected chi connectivity index (χ1v) is 8.29. The zero-order chi connectivity index (χ0) is 16.4. The van der Waals surface area contributed by atoms with Crippen molar-refractivity contribution in [3.63, 3.8) is 0 Å². The van der Waals surface area contributed by atoms with E-state index in [0.29, 0.717) is 23.9 Å². The summed E-state index contributed by atoms with van der Waals surface area (Å²) in [7, 11) is 0. The quantitative estimate of drug-likeness (QED) is 0.830. The molecule has 1 aromatic carbocycles. The second kappa shape index (κ2) is 6.87. The normalized spacial score (nSPS) is 25.4. The number of ether oxygens (including phenoxy) is 1. The molecule has 0 aliphatic heterocycles. The molecule has 0 heterocycles. The lowest BCUT2D eigenvalue weighted by atomic mass is 9.86. The van der Waals surface area contributed by atoms with Crippen LogP contribution in [0.15, 0.2) is 18.2 Å². The summed E-state index contributed by atoms with van der Waals surface area (Å²) in [5.41, 5.74) is 0.294. The summed E-state index contributed by atoms with van der Waals surface area (Å²) >= 11 is 5.82. The van der Waals surface area contributed by atoms with Crippen LogP contribution in [0.25, 0.3) is 0 Å². The highest BCUT2D eigenvalue weighted by atomic mass is 35.5. The molecular formula is C17H19ClFNO3. The molecule has 124 valence electrons. The monoisotopic (exact) mass is 339 g/mol. The molecule has 2 fully saturated rings. The van der Waals surface area contributed by atoms with E-state index < -0.39 is 11.7 Å². The van der Waals surface area contributed by atoms with Crippen molar-refractivity contribution >= 4 is 29.2 Å². The molecule has 1 aromatic rings. The molecule has 2 bridgehead atoms. The number of nitrogens with one attached hydrogen (secondary N) is 1. The Bertz CT molecular complexity index is 622. The molecule has 3 rings (SSSR count). The molecule has 23 heavy (non-hydrogen) atoms. The fraction of sp³-hybridized carbons (Fsp3) is 0.529. The number of benzene rings is 1. The predicted molar refractivity (Wildman–Crippen MR) is 84.6 cm³/mol. The maximum Gasteiger partial charge on any atom is 0.306 e. The van der Waals surface area contributed by atoms with Crippen LogP contribution in [0.2, 0.25) is 5.02 Å². The number of hydrogen-bond donors (Lipinski definition) is 1. The summed E-state index contributed by atoms with van der Waals surface area (Å²) in [6.45, 7) is -0.354. The predicted octanol–water partition coefficient (Wildman–Crippen LogP) is 3.79. The largest absolute Gasteiger partial charge is 0.456 e. The minimum Gasteiger partial charge on any atom is -0.456 e. The number of fused-ring (bicyclic) bond motifs is 2. The Kier molecular flexibility index (Phi) is 4.85. The summed E-state index contributed by atoms with van der Waals surface area (Å²) < 4.78 is 18.0. The van der Waals surface area contributed by atoms with E-state index in [1.54, 1.807) is 0 Å². The van der Waals surface area contributed by atoms with Gasteiger partial charge in [0.25, 0.3) is 5.91 Å². The van der Waals surface area contributed by atoms with E-state index in [1.807, 2.05) is 0 Å². The second-order valence-electron chi connectivity index (χ2n) is 6.47. The van der Waals surface area contributed by atoms with E-state index in [2.05, 4.69) is 5.32 Å². The zero-order valence-electron chi connectivity index (χ0n) is 12.7. The van der Waals surface area contributed by atoms with Gasteiger partial charge < -0.3 is 10.1 Å². The van der Waals surface area contributed by atoms with Gasteiger partial charge in [-0.05, 0) is 55.2 Å². The van der Waals surface area contributed by atoms with Crippen LogP contribution in [0.4, 0.5) is 10.1 Å². The van der Waals surface area contributed by atoms with E-state index in [0.717, 1.165) is 18.4 Å². The number of carbonyl (C=O) groups excluding carboxylic acids is 2. The average molecular weight is 340 g/mol. The Morgan fingerprint density at radius 3 is 2.78 bits per heavy atom. The minimum atomic E-state index is -0.486. The minimum absolute atomic E-state index is 0.103. The average Bonchev–Trinajstić information content (AvgIpc) is 3.11. The number of hydrogen-bond acceptors (Lipinski definition) is 3. The van der Waals surface area contributed by atoms with Gasteiger partial charge in [-0.25, -0.2) is 4.39 Å². The van der Waals surface area contributed by atoms with Gasteiger partial charge in [0.2, 0.25) is 0 Å². The van der Waals surface area contributed by atoms with Gasteiger partial charge in [0.15, 0.2) is 6.61 Å². The van der Waals surface area contributed by atoms with Gasteiger partial charge in [-0.15, -0.1) is 0 Å². The maximum absolute atomic E-state index is 12.9. The molecule has 0 saturated heterocycles. The number of carbonyl (C=O) groups is 2. The first-order chi connectivity index (χ1) is 11.0. The van der Waals surface area contributed by atoms with Gasteiger partial charge in [-0.1, -0.05) is 18.0 Å². The summed E-state index contributed by atoms with van der Waals surface area (Å²) in [6.07, 6.45) is 5.24. The number of anilines is 1. The summed E-state index contributed by atoms with van der Waals surface area (Å²) in [6, 6.07) is 3.67. The Hall–Kier alpha value is -1.62. The van der Waals surface area contributed by atoms with Gasteiger partial charge in [0.05, 0.1) is 10.7 Å². The van der Waals surface area contributed by atoms with E-state index in [9.17, 15) is 14.0 Å². The molecule has 2 aliphatic rings. The molecular weight excluding hydrogens is 321 g/mol. The van der Waals surface area contributed by atoms with E-state index in [-0.39, 0.29) is 17.6 Å². The van der Waals surface area contributed by atoms with Gasteiger partial charge in [0, 0.05) is 6.42 Å². The fourth-order valence-electron chi connectivity index (χ4n) is 3.82. The second-order valence-corrected chi connectivity index (χ2v) is 6.88. The number of amides is 1. The molecule has 1 N–H and O–H groups in total. The van der Waals surface area contributed by atoms with Gasteiger partial charge in [0.1, 0.15) is 5.82 Å². The molecule has 3 unspecified atom stereocenters. The van der Waals surface area contributed by atoms with Crippen LogP contribution in [-0.4, -0.2) is 18.5 Å². The summed E-state index contributed by atoms with van der Waals surface area (Å²) in [5, 5.41) is 2.60. The lowest BCUT2D eigenvalue weighted by Gasteiger charge is -2.20. The first kappa shape index (κ1) is 16.2. The third-order valence-electron chi connectivity index (χ3n) is 4.88. The fourth-order valence-corrected chi connectivity index (χ4v) is 4.04. The third kappa shape index (κ3) is 4.02. The van der Waals surface area contributed by atoms with Crippen molar-refractivity contribution in [2.75, 3.05) is 11.9 Å². The van der Waals surface area contributed by atoms with Crippen LogP contribution in [0.3, 0.4) is 0 Å². The van der Waals surface area contributed by atoms with Crippen molar-refractivity contribution < 1.29 is 18.7 Å². The Balaban J connectivity index is 1.42. The lowest BCUT2D eigenvalue weighted by molar-refractivity contribution is -0.148. The van der Waals surface area contributed by atoms with Gasteiger partial charge in [-0.2, -0.15) is 0 Å². The summed E-state index contributed by atoms with van der Waals surface area (Å²) in [5.74, 6) is 0.546. The molecule has 0 spiro atoms. The standard InChI is InChI=1S/C17H19ClFNO3/c18-14-8-13(19)3-4-15(14)20-16(21)9-23-17(22)7-12-6-10-1-2-11(12)5-10/h3-4,8,10-12H,1-2,5-7,9H2,(H,20,21). The highest BCUT2D eigenvalue weighted by molar-refractivity contribution is 6.33. The number of halogens is 2. The lowest BCUT2D eigenvalue weighted by Crippen LogP contribution is -2.23. The maximum atomic E-state index is 12.9. The van der Waals surface area contributed by atoms with E-state index >= 15 is 0 Å². The van der Waals surface area contributed by atoms with Crippen LogP contribution < -0.4 is 5.32 Å². The van der Waals surface area contributed by atoms with Crippen LogP contribution in [0.1, 0.15) is 32.1 Å². The van der Waals surface area contributed by atoms with Crippen LogP contribution in [-0.2, 0) is 14.3 Å². The topological polar surface area (TPSA) is 55.4 Å². The SMILES string of the molecule is O=C(COC(=O)CC1CC2CCC1C2)Nc1ccc(F)cc1Cl. The third-order valence-corrected chi connectivity index (χ3v) is 5.20. The smallest absolute Gasteiger partial charge is 0.306 e. The van der Waals surface area contributed by atoms with Crippen molar-refractivity contribution in [2.24, 2.45) is 17.8 Å². The summed E-state index contributed by atoms with van der Waals surface area (Å²) in [4.78, 5) is 23.6. The van der Waals surface area contributed by atoms with Gasteiger partial charge >= 0.3 is 5.97 Å². The highest BCUT2D eigenvalue weighted by Gasteiger charge is 2.40. The van der Waals surface area contributed by atoms with Crippen LogP contribution >= 0.6 is 11.6 Å². The molecule has 3 atom stereocenters. The molecule has 0 radical (unpaired) electrons. The Labute approximate surface area is 139 Å². The molecule has 2 saturated carbocycles. The molecule has 0 aromatic heterocycles. The van der Waals surface area contributed by atoms with E-state index in [4.69, 9.17) is 16.3 Å². The zero-order valence-corrected chi connectivity index (χ0v) is 13.4. The first-order valence-electron chi connectivity index (χ1n) is 7.92. The van der Waals surface area contributed by atoms with Crippen molar-refractivity contribution in [3.8, 4) is 0 Å².